The van der Waals surface area contributed by atoms with Crippen LogP contribution >= 0.6 is 0 Å². The SMILES string of the molecule is CC(CC1CCC(C2CCC(c3ccc(F)cc3)CC2)CC1)c1ccccc1. The van der Waals surface area contributed by atoms with E-state index in [0.717, 1.165) is 17.8 Å². The van der Waals surface area contributed by atoms with E-state index in [-0.39, 0.29) is 5.82 Å². The molecular formula is C27H35F. The molecule has 150 valence electrons. The summed E-state index contributed by atoms with van der Waals surface area (Å²) >= 11 is 0. The molecule has 2 saturated carbocycles. The van der Waals surface area contributed by atoms with Crippen LogP contribution in [0.5, 0.6) is 0 Å². The molecule has 2 aliphatic carbocycles. The summed E-state index contributed by atoms with van der Waals surface area (Å²) in [5.41, 5.74) is 2.85. The lowest BCUT2D eigenvalue weighted by atomic mass is 9.67. The van der Waals surface area contributed by atoms with E-state index < -0.39 is 0 Å². The number of rotatable bonds is 5. The minimum absolute atomic E-state index is 0.115. The fourth-order valence-electron chi connectivity index (χ4n) is 5.97. The van der Waals surface area contributed by atoms with Crippen LogP contribution < -0.4 is 0 Å². The van der Waals surface area contributed by atoms with Crippen LogP contribution in [0, 0.1) is 23.6 Å². The molecule has 1 atom stereocenters. The number of hydrogen-bond acceptors (Lipinski definition) is 0. The molecule has 0 radical (unpaired) electrons. The normalized spacial score (nSPS) is 29.4. The van der Waals surface area contributed by atoms with Crippen LogP contribution in [0.3, 0.4) is 0 Å². The molecule has 28 heavy (non-hydrogen) atoms. The van der Waals surface area contributed by atoms with Gasteiger partial charge in [-0.15, -0.1) is 0 Å². The van der Waals surface area contributed by atoms with Gasteiger partial charge in [0.25, 0.3) is 0 Å². The van der Waals surface area contributed by atoms with Crippen molar-refractivity contribution in [2.75, 3.05) is 0 Å². The van der Waals surface area contributed by atoms with Gasteiger partial charge in [0.1, 0.15) is 5.82 Å². The average molecular weight is 379 g/mol. The summed E-state index contributed by atoms with van der Waals surface area (Å²) in [7, 11) is 0. The van der Waals surface area contributed by atoms with E-state index in [1.807, 2.05) is 12.1 Å². The molecule has 0 N–H and O–H groups in total. The topological polar surface area (TPSA) is 0 Å². The Balaban J connectivity index is 1.22. The third-order valence-corrected chi connectivity index (χ3v) is 7.73. The van der Waals surface area contributed by atoms with Crippen LogP contribution in [0.2, 0.25) is 0 Å². The van der Waals surface area contributed by atoms with Gasteiger partial charge < -0.3 is 0 Å². The van der Waals surface area contributed by atoms with E-state index >= 15 is 0 Å². The van der Waals surface area contributed by atoms with Crippen molar-refractivity contribution in [3.8, 4) is 0 Å². The Labute approximate surface area is 170 Å². The van der Waals surface area contributed by atoms with Crippen LogP contribution in [-0.2, 0) is 0 Å². The molecule has 2 fully saturated rings. The zero-order valence-electron chi connectivity index (χ0n) is 17.3. The lowest BCUT2D eigenvalue weighted by Gasteiger charge is -2.38. The van der Waals surface area contributed by atoms with Crippen molar-refractivity contribution in [3.05, 3.63) is 71.5 Å². The Kier molecular flexibility index (Phi) is 6.50. The second-order valence-electron chi connectivity index (χ2n) is 9.49. The minimum atomic E-state index is -0.115. The van der Waals surface area contributed by atoms with E-state index in [2.05, 4.69) is 37.3 Å². The standard InChI is InChI=1S/C27H35F/c1-20(22-5-3-2-4-6-22)19-21-7-9-23(10-8-21)24-11-13-25(14-12-24)26-15-17-27(28)18-16-26/h2-6,15-18,20-21,23-25H,7-14,19H2,1H3. The molecule has 0 spiro atoms. The van der Waals surface area contributed by atoms with Crippen LogP contribution in [0.15, 0.2) is 54.6 Å². The number of hydrogen-bond donors (Lipinski definition) is 0. The second-order valence-corrected chi connectivity index (χ2v) is 9.49. The highest BCUT2D eigenvalue weighted by Crippen LogP contribution is 2.45. The molecule has 0 nitrogen and oxygen atoms in total. The summed E-state index contributed by atoms with van der Waals surface area (Å²) < 4.78 is 13.2. The Morgan fingerprint density at radius 1 is 0.750 bits per heavy atom. The van der Waals surface area contributed by atoms with Crippen molar-refractivity contribution >= 4 is 0 Å². The smallest absolute Gasteiger partial charge is 0.123 e. The van der Waals surface area contributed by atoms with Crippen LogP contribution in [-0.4, -0.2) is 0 Å². The Morgan fingerprint density at radius 2 is 1.32 bits per heavy atom. The van der Waals surface area contributed by atoms with Crippen LogP contribution in [0.1, 0.15) is 87.7 Å². The predicted molar refractivity (Wildman–Crippen MR) is 116 cm³/mol. The molecular weight excluding hydrogens is 343 g/mol. The Morgan fingerprint density at radius 3 is 1.93 bits per heavy atom. The van der Waals surface area contributed by atoms with Gasteiger partial charge in [-0.05, 0) is 97.8 Å². The molecule has 0 aliphatic heterocycles. The molecule has 0 saturated heterocycles. The fraction of sp³-hybridized carbons (Fsp3) is 0.556. The maximum Gasteiger partial charge on any atom is 0.123 e. The number of benzene rings is 2. The maximum atomic E-state index is 13.2. The maximum absolute atomic E-state index is 13.2. The highest BCUT2D eigenvalue weighted by atomic mass is 19.1. The van der Waals surface area contributed by atoms with E-state index in [1.54, 1.807) is 12.1 Å². The predicted octanol–water partition coefficient (Wildman–Crippen LogP) is 8.10. The number of halogens is 1. The minimum Gasteiger partial charge on any atom is -0.207 e. The van der Waals surface area contributed by atoms with Gasteiger partial charge in [-0.2, -0.15) is 0 Å². The average Bonchev–Trinajstić information content (AvgIpc) is 2.76. The van der Waals surface area contributed by atoms with Crippen molar-refractivity contribution in [3.63, 3.8) is 0 Å². The van der Waals surface area contributed by atoms with Gasteiger partial charge >= 0.3 is 0 Å². The lowest BCUT2D eigenvalue weighted by Crippen LogP contribution is -2.25. The monoisotopic (exact) mass is 378 g/mol. The fourth-order valence-corrected chi connectivity index (χ4v) is 5.97. The van der Waals surface area contributed by atoms with Gasteiger partial charge in [-0.3, -0.25) is 0 Å². The molecule has 1 heteroatoms. The second kappa shape index (κ2) is 9.25. The molecule has 0 heterocycles. The zero-order valence-corrected chi connectivity index (χ0v) is 17.3. The molecule has 2 aromatic carbocycles. The molecule has 0 aromatic heterocycles. The largest absolute Gasteiger partial charge is 0.207 e. The quantitative estimate of drug-likeness (QED) is 0.493. The first-order valence-corrected chi connectivity index (χ1v) is 11.5. The van der Waals surface area contributed by atoms with Crippen molar-refractivity contribution in [2.45, 2.75) is 76.5 Å². The van der Waals surface area contributed by atoms with Crippen molar-refractivity contribution in [2.24, 2.45) is 17.8 Å². The van der Waals surface area contributed by atoms with Crippen LogP contribution in [0.25, 0.3) is 0 Å². The summed E-state index contributed by atoms with van der Waals surface area (Å²) in [4.78, 5) is 0. The molecule has 0 amide bonds. The van der Waals surface area contributed by atoms with Gasteiger partial charge in [0.2, 0.25) is 0 Å². The van der Waals surface area contributed by atoms with Crippen molar-refractivity contribution in [1.29, 1.82) is 0 Å². The summed E-state index contributed by atoms with van der Waals surface area (Å²) in [5.74, 6) is 4.04. The first-order chi connectivity index (χ1) is 13.7. The van der Waals surface area contributed by atoms with Gasteiger partial charge in [-0.1, -0.05) is 62.2 Å². The first-order valence-electron chi connectivity index (χ1n) is 11.5. The van der Waals surface area contributed by atoms with Gasteiger partial charge in [0.15, 0.2) is 0 Å². The van der Waals surface area contributed by atoms with E-state index in [9.17, 15) is 4.39 Å². The zero-order chi connectivity index (χ0) is 19.3. The third kappa shape index (κ3) is 4.85. The summed E-state index contributed by atoms with van der Waals surface area (Å²) in [6.45, 7) is 2.40. The summed E-state index contributed by atoms with van der Waals surface area (Å²) in [6.07, 6.45) is 12.4. The van der Waals surface area contributed by atoms with E-state index in [1.165, 1.54) is 68.9 Å². The highest BCUT2D eigenvalue weighted by Gasteiger charge is 2.31. The Hall–Kier alpha value is -1.63. The third-order valence-electron chi connectivity index (χ3n) is 7.73. The van der Waals surface area contributed by atoms with Gasteiger partial charge in [0, 0.05) is 0 Å². The molecule has 1 unspecified atom stereocenters. The van der Waals surface area contributed by atoms with Crippen molar-refractivity contribution in [1.82, 2.24) is 0 Å². The molecule has 4 rings (SSSR count). The first kappa shape index (κ1) is 19.7. The summed E-state index contributed by atoms with van der Waals surface area (Å²) in [6, 6.07) is 18.3. The van der Waals surface area contributed by atoms with Gasteiger partial charge in [-0.25, -0.2) is 4.39 Å². The van der Waals surface area contributed by atoms with Crippen molar-refractivity contribution < 1.29 is 4.39 Å². The highest BCUT2D eigenvalue weighted by molar-refractivity contribution is 5.21. The lowest BCUT2D eigenvalue weighted by molar-refractivity contribution is 0.154. The molecule has 0 bridgehead atoms. The van der Waals surface area contributed by atoms with E-state index in [0.29, 0.717) is 11.8 Å². The van der Waals surface area contributed by atoms with Gasteiger partial charge in [0.05, 0.1) is 0 Å². The summed E-state index contributed by atoms with van der Waals surface area (Å²) in [5, 5.41) is 0. The molecule has 2 aromatic rings. The molecule has 2 aliphatic rings. The van der Waals surface area contributed by atoms with E-state index in [4.69, 9.17) is 0 Å². The van der Waals surface area contributed by atoms with Crippen LogP contribution in [0.4, 0.5) is 4.39 Å². The Bertz CT molecular complexity index is 704.